The summed E-state index contributed by atoms with van der Waals surface area (Å²) in [5.41, 5.74) is 1.88. The number of hydrogen-bond donors (Lipinski definition) is 1. The number of aliphatic hydroxyl groups is 1. The summed E-state index contributed by atoms with van der Waals surface area (Å²) in [6, 6.07) is 19.0. The molecule has 0 spiro atoms. The van der Waals surface area contributed by atoms with Crippen LogP contribution in [0.15, 0.2) is 60.7 Å². The third kappa shape index (κ3) is 9.20. The fourth-order valence-electron chi connectivity index (χ4n) is 3.03. The zero-order chi connectivity index (χ0) is 23.2. The van der Waals surface area contributed by atoms with E-state index >= 15 is 0 Å². The summed E-state index contributed by atoms with van der Waals surface area (Å²) in [4.78, 5) is 16.9. The Morgan fingerprint density at radius 3 is 2.03 bits per heavy atom. The zero-order valence-electron chi connectivity index (χ0n) is 18.5. The molecule has 1 N–H and O–H groups in total. The zero-order valence-corrected chi connectivity index (χ0v) is 19.4. The predicted octanol–water partition coefficient (Wildman–Crippen LogP) is 3.79. The molecule has 2 aromatic carbocycles. The molecular weight excluding hydrogens is 433 g/mol. The van der Waals surface area contributed by atoms with Crippen molar-refractivity contribution in [1.82, 2.24) is 5.06 Å². The van der Waals surface area contributed by atoms with E-state index in [9.17, 15) is 14.5 Å². The first-order valence-electron chi connectivity index (χ1n) is 10.4. The topological polar surface area (TPSA) is 94.5 Å². The van der Waals surface area contributed by atoms with Crippen LogP contribution in [-0.2, 0) is 41.2 Å². The second-order valence-electron chi connectivity index (χ2n) is 7.18. The molecular formula is C23H32NO7P. The van der Waals surface area contributed by atoms with Crippen molar-refractivity contribution in [2.75, 3.05) is 26.9 Å². The van der Waals surface area contributed by atoms with Crippen molar-refractivity contribution in [2.24, 2.45) is 0 Å². The lowest BCUT2D eigenvalue weighted by Crippen LogP contribution is -2.34. The van der Waals surface area contributed by atoms with Crippen molar-refractivity contribution in [3.05, 3.63) is 71.8 Å². The Kier molecular flexibility index (Phi) is 11.6. The van der Waals surface area contributed by atoms with Gasteiger partial charge in [-0.1, -0.05) is 60.7 Å². The van der Waals surface area contributed by atoms with Gasteiger partial charge < -0.3 is 18.9 Å². The third-order valence-corrected chi connectivity index (χ3v) is 6.90. The monoisotopic (exact) mass is 465 g/mol. The second kappa shape index (κ2) is 14.2. The summed E-state index contributed by atoms with van der Waals surface area (Å²) in [6.45, 7) is 0.706. The molecule has 1 amide bonds. The highest BCUT2D eigenvalue weighted by molar-refractivity contribution is 7.53. The van der Waals surface area contributed by atoms with E-state index in [1.807, 2.05) is 60.7 Å². The summed E-state index contributed by atoms with van der Waals surface area (Å²) >= 11 is 0. The lowest BCUT2D eigenvalue weighted by atomic mass is 10.1. The van der Waals surface area contributed by atoms with Crippen molar-refractivity contribution < 1.29 is 33.1 Å². The lowest BCUT2D eigenvalue weighted by Gasteiger charge is -2.26. The van der Waals surface area contributed by atoms with Crippen LogP contribution in [0.5, 0.6) is 0 Å². The van der Waals surface area contributed by atoms with Gasteiger partial charge in [0.25, 0.3) is 0 Å². The SMILES string of the molecule is COP(=O)(CCC(OCc1ccccc1)C(O)CCN(C=O)OCc1ccccc1)OC. The Labute approximate surface area is 189 Å². The lowest BCUT2D eigenvalue weighted by molar-refractivity contribution is -0.180. The fraction of sp³-hybridized carbons (Fsp3) is 0.435. The van der Waals surface area contributed by atoms with Crippen LogP contribution in [0.25, 0.3) is 0 Å². The Hall–Kier alpha value is -2.06. The fourth-order valence-corrected chi connectivity index (χ4v) is 4.12. The maximum absolute atomic E-state index is 12.4. The number of amides is 1. The highest BCUT2D eigenvalue weighted by Crippen LogP contribution is 2.47. The van der Waals surface area contributed by atoms with Crippen molar-refractivity contribution in [3.63, 3.8) is 0 Å². The summed E-state index contributed by atoms with van der Waals surface area (Å²) in [5.74, 6) is 0. The largest absolute Gasteiger partial charge is 0.390 e. The van der Waals surface area contributed by atoms with Gasteiger partial charge in [0.1, 0.15) is 6.61 Å². The number of ether oxygens (including phenoxy) is 1. The molecule has 176 valence electrons. The summed E-state index contributed by atoms with van der Waals surface area (Å²) in [5, 5.41) is 11.9. The molecule has 0 aliphatic carbocycles. The number of hydroxylamine groups is 2. The maximum Gasteiger partial charge on any atom is 0.330 e. The first-order chi connectivity index (χ1) is 15.5. The quantitative estimate of drug-likeness (QED) is 0.229. The number of benzene rings is 2. The molecule has 8 nitrogen and oxygen atoms in total. The van der Waals surface area contributed by atoms with Crippen molar-refractivity contribution in [3.8, 4) is 0 Å². The van der Waals surface area contributed by atoms with Gasteiger partial charge in [-0.3, -0.25) is 14.2 Å². The number of carbonyl (C=O) groups excluding carboxylic acids is 1. The van der Waals surface area contributed by atoms with Gasteiger partial charge in [0, 0.05) is 14.2 Å². The van der Waals surface area contributed by atoms with Crippen molar-refractivity contribution in [2.45, 2.75) is 38.3 Å². The predicted molar refractivity (Wildman–Crippen MR) is 121 cm³/mol. The number of nitrogens with zero attached hydrogens (tertiary/aromatic N) is 1. The molecule has 32 heavy (non-hydrogen) atoms. The standard InChI is InChI=1S/C23H32NO7P/c1-28-32(27,29-2)16-14-23(30-17-20-9-5-3-6-10-20)22(26)13-15-24(19-25)31-18-21-11-7-4-8-12-21/h3-12,19,22-23,26H,13-18H2,1-2H3. The highest BCUT2D eigenvalue weighted by Gasteiger charge is 2.27. The van der Waals surface area contributed by atoms with E-state index in [-0.39, 0.29) is 38.8 Å². The molecule has 0 aliphatic rings. The molecule has 0 fully saturated rings. The van der Waals surface area contributed by atoms with E-state index in [4.69, 9.17) is 18.6 Å². The van der Waals surface area contributed by atoms with Gasteiger partial charge in [-0.05, 0) is 24.0 Å². The molecule has 2 atom stereocenters. The van der Waals surface area contributed by atoms with Gasteiger partial charge in [0.15, 0.2) is 0 Å². The van der Waals surface area contributed by atoms with E-state index in [1.165, 1.54) is 14.2 Å². The maximum atomic E-state index is 12.4. The summed E-state index contributed by atoms with van der Waals surface area (Å²) < 4.78 is 28.3. The van der Waals surface area contributed by atoms with Gasteiger partial charge in [-0.2, -0.15) is 0 Å². The van der Waals surface area contributed by atoms with Crippen LogP contribution in [0.1, 0.15) is 24.0 Å². The molecule has 0 aromatic heterocycles. The van der Waals surface area contributed by atoms with Gasteiger partial charge in [0.2, 0.25) is 6.41 Å². The third-order valence-electron chi connectivity index (χ3n) is 4.98. The van der Waals surface area contributed by atoms with Crippen LogP contribution in [0.2, 0.25) is 0 Å². The van der Waals surface area contributed by atoms with E-state index in [0.717, 1.165) is 16.2 Å². The van der Waals surface area contributed by atoms with Crippen molar-refractivity contribution in [1.29, 1.82) is 0 Å². The summed E-state index contributed by atoms with van der Waals surface area (Å²) in [6.07, 6.45) is -0.381. The van der Waals surface area contributed by atoms with E-state index in [1.54, 1.807) is 0 Å². The van der Waals surface area contributed by atoms with Gasteiger partial charge in [-0.25, -0.2) is 5.06 Å². The van der Waals surface area contributed by atoms with E-state index < -0.39 is 19.8 Å². The minimum atomic E-state index is -3.24. The van der Waals surface area contributed by atoms with Gasteiger partial charge in [0.05, 0.1) is 31.5 Å². The van der Waals surface area contributed by atoms with Crippen LogP contribution in [0, 0.1) is 0 Å². The smallest absolute Gasteiger partial charge is 0.330 e. The second-order valence-corrected chi connectivity index (χ2v) is 9.58. The van der Waals surface area contributed by atoms with Crippen LogP contribution < -0.4 is 0 Å². The van der Waals surface area contributed by atoms with Crippen molar-refractivity contribution >= 4 is 14.0 Å². The molecule has 2 aromatic rings. The van der Waals surface area contributed by atoms with Gasteiger partial charge >= 0.3 is 7.60 Å². The van der Waals surface area contributed by atoms with Crippen LogP contribution in [-0.4, -0.2) is 55.7 Å². The van der Waals surface area contributed by atoms with Gasteiger partial charge in [-0.15, -0.1) is 0 Å². The number of rotatable bonds is 16. The summed E-state index contributed by atoms with van der Waals surface area (Å²) in [7, 11) is -0.589. The molecule has 0 saturated heterocycles. The molecule has 0 bridgehead atoms. The Morgan fingerprint density at radius 2 is 1.50 bits per heavy atom. The molecule has 0 saturated carbocycles. The molecule has 2 unspecified atom stereocenters. The Morgan fingerprint density at radius 1 is 0.938 bits per heavy atom. The normalized spacial score (nSPS) is 13.5. The van der Waals surface area contributed by atoms with Crippen LogP contribution in [0.4, 0.5) is 0 Å². The molecule has 0 radical (unpaired) electrons. The average Bonchev–Trinajstić information content (AvgIpc) is 2.85. The minimum Gasteiger partial charge on any atom is -0.390 e. The van der Waals surface area contributed by atoms with E-state index in [2.05, 4.69) is 0 Å². The van der Waals surface area contributed by atoms with Crippen LogP contribution >= 0.6 is 7.60 Å². The molecule has 9 heteroatoms. The molecule has 2 rings (SSSR count). The number of aliphatic hydroxyl groups excluding tert-OH is 1. The minimum absolute atomic E-state index is 0.0957. The average molecular weight is 465 g/mol. The van der Waals surface area contributed by atoms with E-state index in [0.29, 0.717) is 6.41 Å². The molecule has 0 aliphatic heterocycles. The van der Waals surface area contributed by atoms with Crippen LogP contribution in [0.3, 0.4) is 0 Å². The molecule has 0 heterocycles. The number of hydrogen-bond acceptors (Lipinski definition) is 7. The number of carbonyl (C=O) groups is 1. The Bertz CT molecular complexity index is 814. The first-order valence-corrected chi connectivity index (χ1v) is 12.2. The first kappa shape index (κ1) is 26.2. The Balaban J connectivity index is 1.92. The highest BCUT2D eigenvalue weighted by atomic mass is 31.2.